The van der Waals surface area contributed by atoms with Crippen LogP contribution in [0.5, 0.6) is 5.75 Å². The third-order valence-electron chi connectivity index (χ3n) is 6.01. The van der Waals surface area contributed by atoms with Crippen LogP contribution in [0.2, 0.25) is 0 Å². The van der Waals surface area contributed by atoms with E-state index in [4.69, 9.17) is 4.74 Å². The predicted octanol–water partition coefficient (Wildman–Crippen LogP) is 5.94. The first-order chi connectivity index (χ1) is 15.5. The summed E-state index contributed by atoms with van der Waals surface area (Å²) in [6.45, 7) is 10.3. The Kier molecular flexibility index (Phi) is 6.31. The molecule has 0 atom stereocenters. The Labute approximate surface area is 189 Å². The van der Waals surface area contributed by atoms with Crippen molar-refractivity contribution in [2.45, 2.75) is 40.8 Å². The van der Waals surface area contributed by atoms with E-state index >= 15 is 0 Å². The minimum absolute atomic E-state index is 0.0655. The number of carbonyl (C=O) groups excluding carboxylic acids is 1. The van der Waals surface area contributed by atoms with Crippen LogP contribution in [0.4, 0.5) is 0 Å². The number of ether oxygens (including phenoxy) is 1. The van der Waals surface area contributed by atoms with Gasteiger partial charge in [0.15, 0.2) is 0 Å². The van der Waals surface area contributed by atoms with Crippen molar-refractivity contribution in [3.8, 4) is 5.75 Å². The molecule has 0 aliphatic heterocycles. The smallest absolute Gasteiger partial charge is 0.251 e. The summed E-state index contributed by atoms with van der Waals surface area (Å²) < 4.78 is 7.81. The largest absolute Gasteiger partial charge is 0.494 e. The second kappa shape index (κ2) is 9.31. The SMILES string of the molecule is CCOc1ccc(CNC(=O)c2ccc3c(c2)c(C)c(C)n3Cc2cccc(C)c2)cc1. The Hall–Kier alpha value is -3.53. The summed E-state index contributed by atoms with van der Waals surface area (Å²) in [5.41, 5.74) is 7.87. The molecule has 0 unspecified atom stereocenters. The van der Waals surface area contributed by atoms with Crippen LogP contribution in [-0.2, 0) is 13.1 Å². The molecule has 0 fully saturated rings. The molecule has 4 rings (SSSR count). The Morgan fingerprint density at radius 3 is 2.44 bits per heavy atom. The number of rotatable bonds is 7. The van der Waals surface area contributed by atoms with Gasteiger partial charge in [-0.25, -0.2) is 0 Å². The molecule has 1 heterocycles. The van der Waals surface area contributed by atoms with Gasteiger partial charge < -0.3 is 14.6 Å². The molecule has 0 saturated heterocycles. The molecule has 1 amide bonds. The second-order valence-electron chi connectivity index (χ2n) is 8.28. The van der Waals surface area contributed by atoms with Crippen molar-refractivity contribution in [3.05, 3.63) is 100 Å². The Morgan fingerprint density at radius 1 is 0.938 bits per heavy atom. The Bertz CT molecular complexity index is 1250. The third-order valence-corrected chi connectivity index (χ3v) is 6.01. The molecular weight excluding hydrogens is 396 g/mol. The van der Waals surface area contributed by atoms with E-state index in [1.165, 1.54) is 22.4 Å². The molecule has 4 aromatic rings. The first-order valence-corrected chi connectivity index (χ1v) is 11.1. The highest BCUT2D eigenvalue weighted by Crippen LogP contribution is 2.27. The number of hydrogen-bond acceptors (Lipinski definition) is 2. The third kappa shape index (κ3) is 4.54. The molecular formula is C28H30N2O2. The van der Waals surface area contributed by atoms with E-state index in [0.29, 0.717) is 18.7 Å². The maximum atomic E-state index is 12.8. The minimum Gasteiger partial charge on any atom is -0.494 e. The van der Waals surface area contributed by atoms with Gasteiger partial charge in [0.1, 0.15) is 5.75 Å². The molecule has 0 bridgehead atoms. The zero-order valence-corrected chi connectivity index (χ0v) is 19.2. The number of hydrogen-bond donors (Lipinski definition) is 1. The van der Waals surface area contributed by atoms with Gasteiger partial charge in [-0.1, -0.05) is 42.0 Å². The highest BCUT2D eigenvalue weighted by Gasteiger charge is 2.14. The highest BCUT2D eigenvalue weighted by atomic mass is 16.5. The zero-order valence-electron chi connectivity index (χ0n) is 19.2. The number of carbonyl (C=O) groups is 1. The summed E-state index contributed by atoms with van der Waals surface area (Å²) in [4.78, 5) is 12.8. The lowest BCUT2D eigenvalue weighted by Crippen LogP contribution is -2.22. The van der Waals surface area contributed by atoms with Gasteiger partial charge in [0, 0.05) is 35.2 Å². The van der Waals surface area contributed by atoms with Crippen LogP contribution < -0.4 is 10.1 Å². The number of aromatic nitrogens is 1. The first-order valence-electron chi connectivity index (χ1n) is 11.1. The average molecular weight is 427 g/mol. The maximum absolute atomic E-state index is 12.8. The van der Waals surface area contributed by atoms with E-state index in [9.17, 15) is 4.79 Å². The van der Waals surface area contributed by atoms with Crippen molar-refractivity contribution in [1.29, 1.82) is 0 Å². The van der Waals surface area contributed by atoms with Crippen LogP contribution >= 0.6 is 0 Å². The summed E-state index contributed by atoms with van der Waals surface area (Å²) in [5, 5.41) is 4.16. The molecule has 1 aromatic heterocycles. The lowest BCUT2D eigenvalue weighted by Gasteiger charge is -2.10. The molecule has 0 aliphatic rings. The van der Waals surface area contributed by atoms with Crippen molar-refractivity contribution in [2.75, 3.05) is 6.61 Å². The van der Waals surface area contributed by atoms with Gasteiger partial charge in [0.25, 0.3) is 5.91 Å². The Morgan fingerprint density at radius 2 is 1.72 bits per heavy atom. The fourth-order valence-corrected chi connectivity index (χ4v) is 4.14. The van der Waals surface area contributed by atoms with Gasteiger partial charge >= 0.3 is 0 Å². The van der Waals surface area contributed by atoms with Crippen molar-refractivity contribution >= 4 is 16.8 Å². The summed E-state index contributed by atoms with van der Waals surface area (Å²) in [6.07, 6.45) is 0. The van der Waals surface area contributed by atoms with Crippen molar-refractivity contribution in [2.24, 2.45) is 0 Å². The van der Waals surface area contributed by atoms with E-state index in [1.54, 1.807) is 0 Å². The molecule has 0 spiro atoms. The minimum atomic E-state index is -0.0655. The molecule has 4 heteroatoms. The van der Waals surface area contributed by atoms with Crippen LogP contribution in [0.1, 0.15) is 45.2 Å². The van der Waals surface area contributed by atoms with Gasteiger partial charge in [0.2, 0.25) is 0 Å². The fraction of sp³-hybridized carbons (Fsp3) is 0.250. The molecule has 4 nitrogen and oxygen atoms in total. The van der Waals surface area contributed by atoms with Crippen molar-refractivity contribution in [3.63, 3.8) is 0 Å². The quantitative estimate of drug-likeness (QED) is 0.397. The number of fused-ring (bicyclic) bond motifs is 1. The molecule has 0 aliphatic carbocycles. The number of nitrogens with one attached hydrogen (secondary N) is 1. The van der Waals surface area contributed by atoms with E-state index in [-0.39, 0.29) is 5.91 Å². The fourth-order valence-electron chi connectivity index (χ4n) is 4.14. The van der Waals surface area contributed by atoms with Crippen LogP contribution in [0.25, 0.3) is 10.9 Å². The van der Waals surface area contributed by atoms with Crippen molar-refractivity contribution in [1.82, 2.24) is 9.88 Å². The second-order valence-corrected chi connectivity index (χ2v) is 8.28. The Balaban J connectivity index is 1.52. The van der Waals surface area contributed by atoms with Crippen molar-refractivity contribution < 1.29 is 9.53 Å². The molecule has 3 aromatic carbocycles. The number of amides is 1. The summed E-state index contributed by atoms with van der Waals surface area (Å²) in [6, 6.07) is 22.4. The monoisotopic (exact) mass is 426 g/mol. The predicted molar refractivity (Wildman–Crippen MR) is 130 cm³/mol. The highest BCUT2D eigenvalue weighted by molar-refractivity contribution is 5.99. The first kappa shape index (κ1) is 21.7. The number of benzene rings is 3. The van der Waals surface area contributed by atoms with Crippen LogP contribution in [-0.4, -0.2) is 17.1 Å². The maximum Gasteiger partial charge on any atom is 0.251 e. The zero-order chi connectivity index (χ0) is 22.7. The van der Waals surface area contributed by atoms with E-state index in [0.717, 1.165) is 28.8 Å². The van der Waals surface area contributed by atoms with Crippen LogP contribution in [0, 0.1) is 20.8 Å². The van der Waals surface area contributed by atoms with Crippen LogP contribution in [0.3, 0.4) is 0 Å². The van der Waals surface area contributed by atoms with E-state index in [1.807, 2.05) is 43.3 Å². The lowest BCUT2D eigenvalue weighted by atomic mass is 10.1. The molecule has 32 heavy (non-hydrogen) atoms. The van der Waals surface area contributed by atoms with Gasteiger partial charge in [-0.05, 0) is 74.7 Å². The topological polar surface area (TPSA) is 43.3 Å². The number of aryl methyl sites for hydroxylation is 2. The summed E-state index contributed by atoms with van der Waals surface area (Å²) >= 11 is 0. The van der Waals surface area contributed by atoms with E-state index in [2.05, 4.69) is 61.0 Å². The summed E-state index contributed by atoms with van der Waals surface area (Å²) in [5.74, 6) is 0.776. The lowest BCUT2D eigenvalue weighted by molar-refractivity contribution is 0.0951. The number of nitrogens with zero attached hydrogens (tertiary/aromatic N) is 1. The normalized spacial score (nSPS) is 11.0. The average Bonchev–Trinajstić information content (AvgIpc) is 3.03. The standard InChI is InChI=1S/C28H30N2O2/c1-5-32-25-12-9-22(10-13-25)17-29-28(31)24-11-14-27-26(16-24)20(3)21(4)30(27)18-23-8-6-7-19(2)15-23/h6-16H,5,17-18H2,1-4H3,(H,29,31). The molecule has 164 valence electrons. The molecule has 0 radical (unpaired) electrons. The van der Waals surface area contributed by atoms with Gasteiger partial charge in [0.05, 0.1) is 6.61 Å². The van der Waals surface area contributed by atoms with Gasteiger partial charge in [-0.3, -0.25) is 4.79 Å². The van der Waals surface area contributed by atoms with Crippen LogP contribution in [0.15, 0.2) is 66.7 Å². The van der Waals surface area contributed by atoms with Gasteiger partial charge in [-0.2, -0.15) is 0 Å². The molecule has 1 N–H and O–H groups in total. The molecule has 0 saturated carbocycles. The summed E-state index contributed by atoms with van der Waals surface area (Å²) in [7, 11) is 0. The van der Waals surface area contributed by atoms with E-state index < -0.39 is 0 Å². The van der Waals surface area contributed by atoms with Gasteiger partial charge in [-0.15, -0.1) is 0 Å².